The fourth-order valence-corrected chi connectivity index (χ4v) is 4.16. The largest absolute Gasteiger partial charge is 0.493 e. The average molecular weight is 483 g/mol. The van der Waals surface area contributed by atoms with Crippen LogP contribution in [0.25, 0.3) is 0 Å². The van der Waals surface area contributed by atoms with Crippen LogP contribution >= 0.6 is 11.8 Å². The van der Waals surface area contributed by atoms with Crippen molar-refractivity contribution in [1.82, 2.24) is 5.43 Å². The Labute approximate surface area is 209 Å². The summed E-state index contributed by atoms with van der Waals surface area (Å²) in [5.74, 6) is 1.82. The van der Waals surface area contributed by atoms with Gasteiger partial charge in [0.1, 0.15) is 6.61 Å². The van der Waals surface area contributed by atoms with Crippen molar-refractivity contribution in [2.24, 2.45) is 5.10 Å². The van der Waals surface area contributed by atoms with Crippen LogP contribution in [0, 0.1) is 0 Å². The third-order valence-electron chi connectivity index (χ3n) is 5.17. The van der Waals surface area contributed by atoms with Crippen molar-refractivity contribution in [1.29, 1.82) is 0 Å². The lowest BCUT2D eigenvalue weighted by molar-refractivity contribution is 0.0955. The predicted molar refractivity (Wildman–Crippen MR) is 141 cm³/mol. The minimum Gasteiger partial charge on any atom is -0.493 e. The van der Waals surface area contributed by atoms with E-state index in [9.17, 15) is 4.79 Å². The number of nitrogens with zero attached hydrogens (tertiary/aromatic N) is 1. The number of carbonyl (C=O) groups is 1. The van der Waals surface area contributed by atoms with Crippen molar-refractivity contribution < 1.29 is 14.3 Å². The number of amides is 1. The van der Waals surface area contributed by atoms with Crippen LogP contribution in [-0.2, 0) is 12.4 Å². The van der Waals surface area contributed by atoms with Gasteiger partial charge in [0, 0.05) is 16.2 Å². The lowest BCUT2D eigenvalue weighted by atomic mass is 10.1. The van der Waals surface area contributed by atoms with Gasteiger partial charge in [0.2, 0.25) is 0 Å². The second kappa shape index (κ2) is 12.4. The van der Waals surface area contributed by atoms with Gasteiger partial charge in [0.25, 0.3) is 5.91 Å². The number of hydrazone groups is 1. The molecule has 176 valence electrons. The molecular weight excluding hydrogens is 456 g/mol. The SMILES string of the molecule is COc1cc(/C=N\NC(=O)c2ccc(CSc3ccccc3)cc2)ccc1OCc1ccccc1. The fourth-order valence-electron chi connectivity index (χ4n) is 3.28. The van der Waals surface area contributed by atoms with Crippen LogP contribution in [0.4, 0.5) is 0 Å². The summed E-state index contributed by atoms with van der Waals surface area (Å²) >= 11 is 1.76. The first kappa shape index (κ1) is 24.1. The molecule has 0 atom stereocenters. The zero-order valence-corrected chi connectivity index (χ0v) is 20.2. The highest BCUT2D eigenvalue weighted by Crippen LogP contribution is 2.28. The van der Waals surface area contributed by atoms with Gasteiger partial charge in [-0.05, 0) is 59.2 Å². The molecule has 4 rings (SSSR count). The van der Waals surface area contributed by atoms with Crippen LogP contribution in [0.2, 0.25) is 0 Å². The smallest absolute Gasteiger partial charge is 0.271 e. The molecule has 0 aliphatic carbocycles. The highest BCUT2D eigenvalue weighted by molar-refractivity contribution is 7.98. The van der Waals surface area contributed by atoms with E-state index in [1.54, 1.807) is 25.1 Å². The van der Waals surface area contributed by atoms with E-state index >= 15 is 0 Å². The molecule has 35 heavy (non-hydrogen) atoms. The Hall–Kier alpha value is -4.03. The van der Waals surface area contributed by atoms with Gasteiger partial charge in [-0.25, -0.2) is 5.43 Å². The van der Waals surface area contributed by atoms with E-state index in [1.165, 1.54) is 4.90 Å². The molecule has 1 N–H and O–H groups in total. The molecule has 0 spiro atoms. The third kappa shape index (κ3) is 7.22. The van der Waals surface area contributed by atoms with Crippen LogP contribution in [0.3, 0.4) is 0 Å². The lowest BCUT2D eigenvalue weighted by Crippen LogP contribution is -2.17. The molecule has 6 heteroatoms. The maximum atomic E-state index is 12.4. The van der Waals surface area contributed by atoms with Crippen molar-refractivity contribution >= 4 is 23.9 Å². The molecule has 0 fully saturated rings. The maximum absolute atomic E-state index is 12.4. The van der Waals surface area contributed by atoms with E-state index in [2.05, 4.69) is 22.7 Å². The van der Waals surface area contributed by atoms with Gasteiger partial charge >= 0.3 is 0 Å². The fraction of sp³-hybridized carbons (Fsp3) is 0.103. The number of benzene rings is 4. The molecular formula is C29H26N2O3S. The highest BCUT2D eigenvalue weighted by Gasteiger charge is 2.07. The molecule has 4 aromatic rings. The Kier molecular flexibility index (Phi) is 8.57. The predicted octanol–water partition coefficient (Wildman–Crippen LogP) is 6.33. The van der Waals surface area contributed by atoms with Crippen molar-refractivity contribution in [2.75, 3.05) is 7.11 Å². The minimum absolute atomic E-state index is 0.265. The third-order valence-corrected chi connectivity index (χ3v) is 6.25. The zero-order chi connectivity index (χ0) is 24.3. The molecule has 5 nitrogen and oxygen atoms in total. The summed E-state index contributed by atoms with van der Waals surface area (Å²) in [5, 5.41) is 4.09. The Balaban J connectivity index is 1.29. The number of methoxy groups -OCH3 is 1. The molecule has 0 unspecified atom stereocenters. The number of hydrogen-bond donors (Lipinski definition) is 1. The van der Waals surface area contributed by atoms with Gasteiger partial charge in [-0.3, -0.25) is 4.79 Å². The first-order valence-electron chi connectivity index (χ1n) is 11.2. The number of carbonyl (C=O) groups excluding carboxylic acids is 1. The van der Waals surface area contributed by atoms with E-state index in [0.717, 1.165) is 22.4 Å². The highest BCUT2D eigenvalue weighted by atomic mass is 32.2. The molecule has 4 aromatic carbocycles. The standard InChI is InChI=1S/C29H26N2O3S/c1-33-28-18-24(14-17-27(28)34-20-22-8-4-2-5-9-22)19-30-31-29(32)25-15-12-23(13-16-25)21-35-26-10-6-3-7-11-26/h2-19H,20-21H2,1H3,(H,31,32)/b30-19-. The van der Waals surface area contributed by atoms with Gasteiger partial charge in [-0.2, -0.15) is 5.10 Å². The molecule has 0 saturated heterocycles. The number of rotatable bonds is 10. The summed E-state index contributed by atoms with van der Waals surface area (Å²) in [5.41, 5.74) is 6.14. The molecule has 0 radical (unpaired) electrons. The first-order valence-corrected chi connectivity index (χ1v) is 12.1. The topological polar surface area (TPSA) is 59.9 Å². The van der Waals surface area contributed by atoms with Crippen LogP contribution in [-0.4, -0.2) is 19.2 Å². The number of nitrogens with one attached hydrogen (secondary N) is 1. The van der Waals surface area contributed by atoms with Crippen molar-refractivity contribution in [2.45, 2.75) is 17.3 Å². The van der Waals surface area contributed by atoms with Crippen molar-refractivity contribution in [3.8, 4) is 11.5 Å². The van der Waals surface area contributed by atoms with Gasteiger partial charge in [-0.15, -0.1) is 11.8 Å². The summed E-state index contributed by atoms with van der Waals surface area (Å²) < 4.78 is 11.3. The molecule has 0 aliphatic rings. The van der Waals surface area contributed by atoms with E-state index in [1.807, 2.05) is 91.0 Å². The maximum Gasteiger partial charge on any atom is 0.271 e. The molecule has 1 amide bonds. The second-order valence-corrected chi connectivity index (χ2v) is 8.73. The van der Waals surface area contributed by atoms with Gasteiger partial charge in [0.05, 0.1) is 13.3 Å². The van der Waals surface area contributed by atoms with E-state index in [4.69, 9.17) is 9.47 Å². The van der Waals surface area contributed by atoms with Crippen LogP contribution < -0.4 is 14.9 Å². The molecule has 0 aliphatic heterocycles. The number of ether oxygens (including phenoxy) is 2. The zero-order valence-electron chi connectivity index (χ0n) is 19.4. The van der Waals surface area contributed by atoms with Crippen molar-refractivity contribution in [3.63, 3.8) is 0 Å². The van der Waals surface area contributed by atoms with Gasteiger partial charge < -0.3 is 9.47 Å². The summed E-state index contributed by atoms with van der Waals surface area (Å²) in [4.78, 5) is 13.7. The quantitative estimate of drug-likeness (QED) is 0.163. The van der Waals surface area contributed by atoms with E-state index in [-0.39, 0.29) is 5.91 Å². The molecule has 0 heterocycles. The van der Waals surface area contributed by atoms with Crippen LogP contribution in [0.15, 0.2) is 113 Å². The Bertz CT molecular complexity index is 1260. The van der Waals surface area contributed by atoms with Crippen LogP contribution in [0.5, 0.6) is 11.5 Å². The Morgan fingerprint density at radius 3 is 2.29 bits per heavy atom. The van der Waals surface area contributed by atoms with E-state index < -0.39 is 0 Å². The van der Waals surface area contributed by atoms with Crippen molar-refractivity contribution in [3.05, 3.63) is 125 Å². The van der Waals surface area contributed by atoms with Crippen LogP contribution in [0.1, 0.15) is 27.0 Å². The second-order valence-electron chi connectivity index (χ2n) is 7.68. The summed E-state index contributed by atoms with van der Waals surface area (Å²) in [7, 11) is 1.59. The summed E-state index contributed by atoms with van der Waals surface area (Å²) in [6.07, 6.45) is 1.58. The summed E-state index contributed by atoms with van der Waals surface area (Å²) in [6, 6.07) is 33.2. The Morgan fingerprint density at radius 1 is 0.857 bits per heavy atom. The van der Waals surface area contributed by atoms with E-state index in [0.29, 0.717) is 23.7 Å². The molecule has 0 saturated carbocycles. The number of hydrogen-bond acceptors (Lipinski definition) is 5. The van der Waals surface area contributed by atoms with Gasteiger partial charge in [-0.1, -0.05) is 60.7 Å². The lowest BCUT2D eigenvalue weighted by Gasteiger charge is -2.11. The molecule has 0 aromatic heterocycles. The normalized spacial score (nSPS) is 10.8. The number of thioether (sulfide) groups is 1. The van der Waals surface area contributed by atoms with Gasteiger partial charge in [0.15, 0.2) is 11.5 Å². The summed E-state index contributed by atoms with van der Waals surface area (Å²) in [6.45, 7) is 0.449. The average Bonchev–Trinajstić information content (AvgIpc) is 2.92. The Morgan fingerprint density at radius 2 is 1.57 bits per heavy atom. The first-order chi connectivity index (χ1) is 17.2. The minimum atomic E-state index is -0.265. The molecule has 0 bridgehead atoms. The monoisotopic (exact) mass is 482 g/mol.